The van der Waals surface area contributed by atoms with Gasteiger partial charge in [0.25, 0.3) is 5.56 Å². The second-order valence-corrected chi connectivity index (χ2v) is 8.25. The molecule has 5 aromatic rings. The molecule has 34 heavy (non-hydrogen) atoms. The highest BCUT2D eigenvalue weighted by atomic mass is 32.1. The minimum absolute atomic E-state index is 0.280. The molecular weight excluding hydrogens is 457 g/mol. The van der Waals surface area contributed by atoms with E-state index in [1.54, 1.807) is 50.6 Å². The monoisotopic (exact) mass is 475 g/mol. The Morgan fingerprint density at radius 1 is 1.00 bits per heavy atom. The molecule has 2 aromatic carbocycles. The Morgan fingerprint density at radius 3 is 2.53 bits per heavy atom. The Hall–Kier alpha value is -4.24. The molecule has 9 heteroatoms. The third-order valence-corrected chi connectivity index (χ3v) is 6.02. The summed E-state index contributed by atoms with van der Waals surface area (Å²) >= 11 is 1.22. The largest absolute Gasteiger partial charge is 0.493 e. The number of rotatable bonds is 6. The highest BCUT2D eigenvalue weighted by molar-refractivity contribution is 7.15. The Bertz CT molecular complexity index is 1620. The highest BCUT2D eigenvalue weighted by Gasteiger charge is 2.10. The number of hydrogen-bond acceptors (Lipinski definition) is 7. The molecule has 5 rings (SSSR count). The van der Waals surface area contributed by atoms with Gasteiger partial charge in [-0.15, -0.1) is 5.10 Å². The Kier molecular flexibility index (Phi) is 5.69. The fraction of sp³-hybridized carbons (Fsp3) is 0.0800. The van der Waals surface area contributed by atoms with Crippen LogP contribution in [0.5, 0.6) is 11.5 Å². The van der Waals surface area contributed by atoms with Crippen molar-refractivity contribution < 1.29 is 18.3 Å². The van der Waals surface area contributed by atoms with Gasteiger partial charge in [0.2, 0.25) is 4.96 Å². The first-order chi connectivity index (χ1) is 16.5. The van der Waals surface area contributed by atoms with Gasteiger partial charge in [-0.25, -0.2) is 4.39 Å². The van der Waals surface area contributed by atoms with Gasteiger partial charge in [-0.05, 0) is 60.2 Å². The zero-order chi connectivity index (χ0) is 23.7. The molecule has 0 aliphatic heterocycles. The smallest absolute Gasteiger partial charge is 0.291 e. The first-order valence-electron chi connectivity index (χ1n) is 10.2. The maximum Gasteiger partial charge on any atom is 0.291 e. The number of furan rings is 1. The molecule has 0 fully saturated rings. The van der Waals surface area contributed by atoms with Gasteiger partial charge in [-0.2, -0.15) is 9.50 Å². The molecule has 170 valence electrons. The SMILES string of the molecule is COc1ccc(C=Cc2nc3sc(=Cc4ccc(-c5ccc(F)cc5)o4)c(=O)n3n2)cc1OC. The normalized spacial score (nSPS) is 12.1. The molecule has 0 aliphatic carbocycles. The molecule has 0 amide bonds. The van der Waals surface area contributed by atoms with Crippen molar-refractivity contribution in [3.8, 4) is 22.8 Å². The number of benzene rings is 2. The number of nitrogens with zero attached hydrogens (tertiary/aromatic N) is 3. The van der Waals surface area contributed by atoms with Gasteiger partial charge < -0.3 is 13.9 Å². The van der Waals surface area contributed by atoms with Crippen molar-refractivity contribution in [2.75, 3.05) is 14.2 Å². The average Bonchev–Trinajstić information content (AvgIpc) is 3.55. The first-order valence-corrected chi connectivity index (χ1v) is 11.0. The second kappa shape index (κ2) is 8.95. The minimum Gasteiger partial charge on any atom is -0.493 e. The van der Waals surface area contributed by atoms with E-state index in [1.165, 1.54) is 28.0 Å². The van der Waals surface area contributed by atoms with Crippen LogP contribution in [0, 0.1) is 5.82 Å². The molecule has 0 spiro atoms. The maximum atomic E-state index is 13.1. The molecule has 7 nitrogen and oxygen atoms in total. The molecule has 0 saturated carbocycles. The van der Waals surface area contributed by atoms with Gasteiger partial charge in [-0.1, -0.05) is 23.5 Å². The summed E-state index contributed by atoms with van der Waals surface area (Å²) in [7, 11) is 3.16. The molecule has 3 aromatic heterocycles. The fourth-order valence-electron chi connectivity index (χ4n) is 3.38. The van der Waals surface area contributed by atoms with Crippen LogP contribution in [0.2, 0.25) is 0 Å². The summed E-state index contributed by atoms with van der Waals surface area (Å²) in [5.41, 5.74) is 1.34. The summed E-state index contributed by atoms with van der Waals surface area (Å²) in [6.07, 6.45) is 5.21. The zero-order valence-corrected chi connectivity index (χ0v) is 19.0. The van der Waals surface area contributed by atoms with Crippen molar-refractivity contribution in [2.45, 2.75) is 0 Å². The van der Waals surface area contributed by atoms with Crippen LogP contribution in [0.25, 0.3) is 34.5 Å². The fourth-order valence-corrected chi connectivity index (χ4v) is 4.27. The van der Waals surface area contributed by atoms with Crippen molar-refractivity contribution in [1.29, 1.82) is 0 Å². The molecule has 0 saturated heterocycles. The molecule has 0 unspecified atom stereocenters. The number of fused-ring (bicyclic) bond motifs is 1. The molecule has 0 aliphatic rings. The number of methoxy groups -OCH3 is 2. The Labute approximate surface area is 197 Å². The van der Waals surface area contributed by atoms with E-state index >= 15 is 0 Å². The van der Waals surface area contributed by atoms with Crippen LogP contribution >= 0.6 is 11.3 Å². The van der Waals surface area contributed by atoms with Gasteiger partial charge in [0.1, 0.15) is 21.9 Å². The van der Waals surface area contributed by atoms with Gasteiger partial charge >= 0.3 is 0 Å². The molecule has 0 atom stereocenters. The Balaban J connectivity index is 1.40. The third-order valence-electron chi connectivity index (χ3n) is 5.06. The van der Waals surface area contributed by atoms with E-state index in [0.717, 1.165) is 11.1 Å². The molecule has 0 radical (unpaired) electrons. The van der Waals surface area contributed by atoms with Crippen LogP contribution in [-0.2, 0) is 0 Å². The lowest BCUT2D eigenvalue weighted by atomic mass is 10.2. The van der Waals surface area contributed by atoms with E-state index in [-0.39, 0.29) is 11.4 Å². The van der Waals surface area contributed by atoms with E-state index in [4.69, 9.17) is 13.9 Å². The van der Waals surface area contributed by atoms with Crippen LogP contribution in [0.4, 0.5) is 4.39 Å². The summed E-state index contributed by atoms with van der Waals surface area (Å²) in [5, 5.41) is 4.30. The standard InChI is InChI=1S/C25H18FN3O4S/c1-31-20-10-3-15(13-21(20)32-2)4-12-23-27-25-29(28-23)24(30)22(34-25)14-18-9-11-19(33-18)16-5-7-17(26)8-6-16/h3-14H,1-2H3. The lowest BCUT2D eigenvalue weighted by Gasteiger charge is -2.07. The van der Waals surface area contributed by atoms with Crippen LogP contribution in [-0.4, -0.2) is 28.8 Å². The predicted molar refractivity (Wildman–Crippen MR) is 128 cm³/mol. The van der Waals surface area contributed by atoms with Crippen LogP contribution in [0.1, 0.15) is 17.1 Å². The first kappa shape index (κ1) is 21.6. The molecular formula is C25H18FN3O4S. The number of halogens is 1. The quantitative estimate of drug-likeness (QED) is 0.365. The van der Waals surface area contributed by atoms with Crippen molar-refractivity contribution in [3.05, 3.63) is 92.4 Å². The van der Waals surface area contributed by atoms with Crippen molar-refractivity contribution in [1.82, 2.24) is 14.6 Å². The van der Waals surface area contributed by atoms with Crippen molar-refractivity contribution in [2.24, 2.45) is 0 Å². The van der Waals surface area contributed by atoms with Gasteiger partial charge in [-0.3, -0.25) is 4.79 Å². The average molecular weight is 476 g/mol. The van der Waals surface area contributed by atoms with Crippen LogP contribution in [0.15, 0.2) is 63.8 Å². The highest BCUT2D eigenvalue weighted by Crippen LogP contribution is 2.28. The number of aromatic nitrogens is 3. The van der Waals surface area contributed by atoms with Gasteiger partial charge in [0.15, 0.2) is 17.3 Å². The lowest BCUT2D eigenvalue weighted by molar-refractivity contribution is 0.355. The lowest BCUT2D eigenvalue weighted by Crippen LogP contribution is -2.23. The number of ether oxygens (including phenoxy) is 2. The van der Waals surface area contributed by atoms with Crippen molar-refractivity contribution in [3.63, 3.8) is 0 Å². The summed E-state index contributed by atoms with van der Waals surface area (Å²) in [5.74, 6) is 2.45. The van der Waals surface area contributed by atoms with Crippen molar-refractivity contribution >= 4 is 34.5 Å². The second-order valence-electron chi connectivity index (χ2n) is 7.24. The predicted octanol–water partition coefficient (Wildman–Crippen LogP) is 4.29. The summed E-state index contributed by atoms with van der Waals surface area (Å²) in [4.78, 5) is 17.7. The van der Waals surface area contributed by atoms with E-state index in [2.05, 4.69) is 10.1 Å². The van der Waals surface area contributed by atoms with Gasteiger partial charge in [0, 0.05) is 11.6 Å². The number of thiazole rings is 1. The molecule has 3 heterocycles. The van der Waals surface area contributed by atoms with E-state index in [0.29, 0.717) is 38.3 Å². The summed E-state index contributed by atoms with van der Waals surface area (Å²) < 4.78 is 31.2. The van der Waals surface area contributed by atoms with Gasteiger partial charge in [0.05, 0.1) is 14.2 Å². The van der Waals surface area contributed by atoms with Crippen LogP contribution < -0.4 is 19.6 Å². The van der Waals surface area contributed by atoms with Crippen LogP contribution in [0.3, 0.4) is 0 Å². The number of hydrogen-bond donors (Lipinski definition) is 0. The summed E-state index contributed by atoms with van der Waals surface area (Å²) in [6, 6.07) is 15.1. The van der Waals surface area contributed by atoms with E-state index < -0.39 is 0 Å². The topological polar surface area (TPSA) is 78.9 Å². The molecule has 0 bridgehead atoms. The van der Waals surface area contributed by atoms with E-state index in [1.807, 2.05) is 24.3 Å². The zero-order valence-electron chi connectivity index (χ0n) is 18.2. The summed E-state index contributed by atoms with van der Waals surface area (Å²) in [6.45, 7) is 0. The van der Waals surface area contributed by atoms with E-state index in [9.17, 15) is 9.18 Å². The molecule has 0 N–H and O–H groups in total. The Morgan fingerprint density at radius 2 is 1.79 bits per heavy atom. The maximum absolute atomic E-state index is 13.1. The minimum atomic E-state index is -0.314. The third kappa shape index (κ3) is 4.20.